The summed E-state index contributed by atoms with van der Waals surface area (Å²) in [6.07, 6.45) is 2.88. The lowest BCUT2D eigenvalue weighted by Gasteiger charge is -2.22. The van der Waals surface area contributed by atoms with Crippen LogP contribution >= 0.6 is 0 Å². The van der Waals surface area contributed by atoms with Crippen molar-refractivity contribution < 1.29 is 18.7 Å². The summed E-state index contributed by atoms with van der Waals surface area (Å²) in [6.45, 7) is 0.0693. The van der Waals surface area contributed by atoms with Crippen molar-refractivity contribution in [1.82, 2.24) is 0 Å². The maximum Gasteiger partial charge on any atom is 0.128 e. The molecule has 0 amide bonds. The molecule has 0 aromatic heterocycles. The van der Waals surface area contributed by atoms with Gasteiger partial charge in [0.1, 0.15) is 11.6 Å². The molecule has 1 aliphatic carbocycles. The third-order valence-electron chi connectivity index (χ3n) is 3.13. The Morgan fingerprint density at radius 1 is 1.28 bits per heavy atom. The second kappa shape index (κ2) is 5.91. The van der Waals surface area contributed by atoms with Crippen LogP contribution in [0, 0.1) is 11.6 Å². The van der Waals surface area contributed by atoms with Gasteiger partial charge in [0, 0.05) is 5.56 Å². The van der Waals surface area contributed by atoms with Gasteiger partial charge in [-0.15, -0.1) is 0 Å². The van der Waals surface area contributed by atoms with Gasteiger partial charge in [-0.1, -0.05) is 5.16 Å². The van der Waals surface area contributed by atoms with Gasteiger partial charge in [0.25, 0.3) is 0 Å². The fourth-order valence-corrected chi connectivity index (χ4v) is 2.05. The summed E-state index contributed by atoms with van der Waals surface area (Å²) in [7, 11) is 0. The Balaban J connectivity index is 1.87. The van der Waals surface area contributed by atoms with E-state index < -0.39 is 11.6 Å². The molecular weight excluding hydrogens is 240 g/mol. The summed E-state index contributed by atoms with van der Waals surface area (Å²) in [5.41, 5.74) is 1.00. The summed E-state index contributed by atoms with van der Waals surface area (Å²) < 4.78 is 31.8. The molecule has 0 saturated heterocycles. The molecule has 0 aliphatic heterocycles. The van der Waals surface area contributed by atoms with E-state index in [0.717, 1.165) is 36.8 Å². The first-order valence-corrected chi connectivity index (χ1v) is 5.94. The molecule has 5 heteroatoms. The number of ether oxygens (including phenoxy) is 1. The van der Waals surface area contributed by atoms with Gasteiger partial charge in [0.05, 0.1) is 18.4 Å². The van der Waals surface area contributed by atoms with Crippen LogP contribution in [0.4, 0.5) is 8.78 Å². The van der Waals surface area contributed by atoms with E-state index >= 15 is 0 Å². The highest BCUT2D eigenvalue weighted by atomic mass is 19.1. The molecule has 0 bridgehead atoms. The first-order valence-electron chi connectivity index (χ1n) is 5.94. The smallest absolute Gasteiger partial charge is 0.128 e. The third kappa shape index (κ3) is 3.26. The Morgan fingerprint density at radius 2 is 2.00 bits per heavy atom. The summed E-state index contributed by atoms with van der Waals surface area (Å²) >= 11 is 0. The van der Waals surface area contributed by atoms with Crippen molar-refractivity contribution in [3.05, 3.63) is 35.4 Å². The minimum Gasteiger partial charge on any atom is -0.411 e. The number of hydrogen-bond donors (Lipinski definition) is 1. The van der Waals surface area contributed by atoms with E-state index in [4.69, 9.17) is 9.94 Å². The van der Waals surface area contributed by atoms with Crippen molar-refractivity contribution in [2.75, 3.05) is 0 Å². The lowest BCUT2D eigenvalue weighted by atomic mass is 9.96. The van der Waals surface area contributed by atoms with Crippen LogP contribution in [-0.4, -0.2) is 17.0 Å². The van der Waals surface area contributed by atoms with Crippen LogP contribution in [0.2, 0.25) is 0 Å². The van der Waals surface area contributed by atoms with E-state index in [0.29, 0.717) is 12.8 Å². The van der Waals surface area contributed by atoms with Crippen LogP contribution in [0.5, 0.6) is 0 Å². The van der Waals surface area contributed by atoms with Gasteiger partial charge < -0.3 is 9.94 Å². The molecule has 1 aromatic carbocycles. The molecule has 1 fully saturated rings. The van der Waals surface area contributed by atoms with Crippen molar-refractivity contribution in [1.29, 1.82) is 0 Å². The molecule has 2 rings (SSSR count). The topological polar surface area (TPSA) is 41.8 Å². The lowest BCUT2D eigenvalue weighted by Crippen LogP contribution is -2.21. The average molecular weight is 255 g/mol. The van der Waals surface area contributed by atoms with Gasteiger partial charge in [-0.3, -0.25) is 0 Å². The number of benzene rings is 1. The van der Waals surface area contributed by atoms with Crippen LogP contribution < -0.4 is 0 Å². The van der Waals surface area contributed by atoms with E-state index in [9.17, 15) is 8.78 Å². The fourth-order valence-electron chi connectivity index (χ4n) is 2.05. The van der Waals surface area contributed by atoms with Crippen LogP contribution in [0.25, 0.3) is 0 Å². The summed E-state index contributed by atoms with van der Waals surface area (Å²) in [4.78, 5) is 0. The number of rotatable bonds is 3. The first kappa shape index (κ1) is 13.0. The third-order valence-corrected chi connectivity index (χ3v) is 3.13. The largest absolute Gasteiger partial charge is 0.411 e. The molecule has 0 heterocycles. The Bertz CT molecular complexity index is 439. The maximum atomic E-state index is 13.3. The van der Waals surface area contributed by atoms with E-state index in [2.05, 4.69) is 5.16 Å². The zero-order valence-electron chi connectivity index (χ0n) is 9.90. The van der Waals surface area contributed by atoms with E-state index in [1.54, 1.807) is 0 Å². The normalized spacial score (nSPS) is 19.9. The van der Waals surface area contributed by atoms with Crippen LogP contribution in [0.1, 0.15) is 31.2 Å². The number of hydrogen-bond acceptors (Lipinski definition) is 3. The summed E-state index contributed by atoms with van der Waals surface area (Å²) in [6, 6.07) is 3.34. The van der Waals surface area contributed by atoms with Gasteiger partial charge in [-0.25, -0.2) is 8.78 Å². The molecule has 18 heavy (non-hydrogen) atoms. The number of oxime groups is 1. The zero-order valence-corrected chi connectivity index (χ0v) is 9.90. The van der Waals surface area contributed by atoms with Crippen molar-refractivity contribution in [2.45, 2.75) is 38.4 Å². The molecule has 1 N–H and O–H groups in total. The monoisotopic (exact) mass is 255 g/mol. The Hall–Kier alpha value is -1.49. The molecule has 0 spiro atoms. The van der Waals surface area contributed by atoms with Crippen molar-refractivity contribution >= 4 is 5.71 Å². The lowest BCUT2D eigenvalue weighted by molar-refractivity contribution is 0.0262. The summed E-state index contributed by atoms with van der Waals surface area (Å²) in [5, 5.41) is 11.8. The first-order chi connectivity index (χ1) is 8.69. The molecule has 1 aromatic rings. The van der Waals surface area contributed by atoms with E-state index in [1.807, 2.05) is 0 Å². The van der Waals surface area contributed by atoms with Gasteiger partial charge in [-0.2, -0.15) is 0 Å². The number of nitrogens with zero attached hydrogens (tertiary/aromatic N) is 1. The number of halogens is 2. The van der Waals surface area contributed by atoms with Crippen molar-refractivity contribution in [3.63, 3.8) is 0 Å². The summed E-state index contributed by atoms with van der Waals surface area (Å²) in [5.74, 6) is -0.918. The predicted molar refractivity (Wildman–Crippen MR) is 62.6 cm³/mol. The molecule has 1 saturated carbocycles. The highest BCUT2D eigenvalue weighted by Gasteiger charge is 2.19. The minimum atomic E-state index is -0.464. The molecule has 0 radical (unpaired) electrons. The quantitative estimate of drug-likeness (QED) is 0.665. The SMILES string of the molecule is ON=C1CCC(OCc2cc(F)ccc2F)CC1. The Labute approximate surface area is 104 Å². The Kier molecular flexibility index (Phi) is 4.25. The average Bonchev–Trinajstić information content (AvgIpc) is 2.40. The fraction of sp³-hybridized carbons (Fsp3) is 0.462. The van der Waals surface area contributed by atoms with E-state index in [1.165, 1.54) is 0 Å². The van der Waals surface area contributed by atoms with Crippen molar-refractivity contribution in [3.8, 4) is 0 Å². The molecular formula is C13H15F2NO2. The standard InChI is InChI=1S/C13H15F2NO2/c14-10-1-6-13(15)9(7-10)8-18-12-4-2-11(16-17)3-5-12/h1,6-7,12,17H,2-5,8H2. The highest BCUT2D eigenvalue weighted by molar-refractivity contribution is 5.84. The molecule has 3 nitrogen and oxygen atoms in total. The van der Waals surface area contributed by atoms with Crippen LogP contribution in [-0.2, 0) is 11.3 Å². The Morgan fingerprint density at radius 3 is 2.67 bits per heavy atom. The minimum absolute atomic E-state index is 0.0122. The van der Waals surface area contributed by atoms with Gasteiger partial charge >= 0.3 is 0 Å². The van der Waals surface area contributed by atoms with Gasteiger partial charge in [0.15, 0.2) is 0 Å². The molecule has 1 aliphatic rings. The molecule has 0 unspecified atom stereocenters. The second-order valence-corrected chi connectivity index (χ2v) is 4.41. The maximum absolute atomic E-state index is 13.3. The van der Waals surface area contributed by atoms with Crippen LogP contribution in [0.3, 0.4) is 0 Å². The zero-order chi connectivity index (χ0) is 13.0. The highest BCUT2D eigenvalue weighted by Crippen LogP contribution is 2.21. The van der Waals surface area contributed by atoms with E-state index in [-0.39, 0.29) is 18.3 Å². The predicted octanol–water partition coefficient (Wildman–Crippen LogP) is 3.25. The van der Waals surface area contributed by atoms with Gasteiger partial charge in [-0.05, 0) is 43.9 Å². The molecule has 0 atom stereocenters. The van der Waals surface area contributed by atoms with Crippen molar-refractivity contribution in [2.24, 2.45) is 5.16 Å². The van der Waals surface area contributed by atoms with Gasteiger partial charge in [0.2, 0.25) is 0 Å². The second-order valence-electron chi connectivity index (χ2n) is 4.41. The van der Waals surface area contributed by atoms with Crippen LogP contribution in [0.15, 0.2) is 23.4 Å². The molecule has 98 valence electrons.